The lowest BCUT2D eigenvalue weighted by atomic mass is 10.1. The molecule has 2 rings (SSSR count). The first-order chi connectivity index (χ1) is 8.45. The molecule has 0 N–H and O–H groups in total. The maximum atomic E-state index is 6.37. The SMILES string of the molecule is CSc1c(Cl)c(-c2nc(C)c(Br)cc2C)nn1C. The molecule has 2 aromatic heterocycles. The van der Waals surface area contributed by atoms with E-state index in [0.717, 1.165) is 32.1 Å². The van der Waals surface area contributed by atoms with Crippen LogP contribution in [0.15, 0.2) is 15.6 Å². The second-order valence-corrected chi connectivity index (χ2v) is 6.04. The molecule has 0 atom stereocenters. The summed E-state index contributed by atoms with van der Waals surface area (Å²) in [6.07, 6.45) is 1.99. The monoisotopic (exact) mass is 345 g/mol. The van der Waals surface area contributed by atoms with Crippen LogP contribution in [0, 0.1) is 13.8 Å². The van der Waals surface area contributed by atoms with Gasteiger partial charge in [0.25, 0.3) is 0 Å². The lowest BCUT2D eigenvalue weighted by molar-refractivity contribution is 0.701. The van der Waals surface area contributed by atoms with E-state index in [1.807, 2.05) is 33.2 Å². The van der Waals surface area contributed by atoms with E-state index in [1.165, 1.54) is 0 Å². The molecule has 0 saturated carbocycles. The molecule has 0 saturated heterocycles. The molecule has 3 nitrogen and oxygen atoms in total. The number of aryl methyl sites for hydroxylation is 3. The smallest absolute Gasteiger partial charge is 0.131 e. The summed E-state index contributed by atoms with van der Waals surface area (Å²) in [6.45, 7) is 3.97. The Morgan fingerprint density at radius 1 is 1.33 bits per heavy atom. The van der Waals surface area contributed by atoms with Crippen molar-refractivity contribution in [3.05, 3.63) is 26.8 Å². The van der Waals surface area contributed by atoms with E-state index in [4.69, 9.17) is 11.6 Å². The van der Waals surface area contributed by atoms with Gasteiger partial charge in [-0.05, 0) is 47.7 Å². The lowest BCUT2D eigenvalue weighted by Crippen LogP contribution is -1.95. The topological polar surface area (TPSA) is 30.7 Å². The predicted octanol–water partition coefficient (Wildman–Crippen LogP) is 4.24. The molecule has 2 aromatic rings. The van der Waals surface area contributed by atoms with Crippen molar-refractivity contribution in [1.82, 2.24) is 14.8 Å². The van der Waals surface area contributed by atoms with Crippen molar-refractivity contribution in [3.8, 4) is 11.4 Å². The molecule has 0 radical (unpaired) electrons. The highest BCUT2D eigenvalue weighted by atomic mass is 79.9. The molecule has 18 heavy (non-hydrogen) atoms. The van der Waals surface area contributed by atoms with Gasteiger partial charge in [-0.25, -0.2) is 4.98 Å². The van der Waals surface area contributed by atoms with E-state index in [0.29, 0.717) is 5.02 Å². The summed E-state index contributed by atoms with van der Waals surface area (Å²) in [5.41, 5.74) is 3.58. The van der Waals surface area contributed by atoms with Crippen LogP contribution in [0.3, 0.4) is 0 Å². The highest BCUT2D eigenvalue weighted by molar-refractivity contribution is 9.10. The summed E-state index contributed by atoms with van der Waals surface area (Å²) in [4.78, 5) is 4.58. The molecule has 2 heterocycles. The summed E-state index contributed by atoms with van der Waals surface area (Å²) in [7, 11) is 1.89. The second kappa shape index (κ2) is 5.23. The van der Waals surface area contributed by atoms with Gasteiger partial charge in [0, 0.05) is 11.5 Å². The standard InChI is InChI=1S/C12H13BrClN3S/c1-6-5-8(13)7(2)15-10(6)11-9(14)12(18-4)17(3)16-11/h5H,1-4H3. The van der Waals surface area contributed by atoms with Crippen LogP contribution < -0.4 is 0 Å². The molecule has 0 amide bonds. The maximum Gasteiger partial charge on any atom is 0.131 e. The Labute approximate surface area is 124 Å². The fraction of sp³-hybridized carbons (Fsp3) is 0.333. The van der Waals surface area contributed by atoms with Crippen molar-refractivity contribution in [1.29, 1.82) is 0 Å². The Morgan fingerprint density at radius 2 is 2.00 bits per heavy atom. The van der Waals surface area contributed by atoms with Gasteiger partial charge in [-0.2, -0.15) is 5.10 Å². The van der Waals surface area contributed by atoms with E-state index in [9.17, 15) is 0 Å². The number of halogens is 2. The number of thioether (sulfide) groups is 1. The van der Waals surface area contributed by atoms with Crippen LogP contribution in [0.2, 0.25) is 5.02 Å². The van der Waals surface area contributed by atoms with E-state index in [-0.39, 0.29) is 0 Å². The average Bonchev–Trinajstić information content (AvgIpc) is 2.59. The maximum absolute atomic E-state index is 6.37. The first-order valence-corrected chi connectivity index (χ1v) is 7.76. The Morgan fingerprint density at radius 3 is 2.56 bits per heavy atom. The zero-order valence-corrected chi connectivity index (χ0v) is 13.7. The third-order valence-electron chi connectivity index (χ3n) is 2.70. The van der Waals surface area contributed by atoms with Crippen LogP contribution in [0.25, 0.3) is 11.4 Å². The molecule has 0 spiro atoms. The fourth-order valence-electron chi connectivity index (χ4n) is 1.77. The minimum atomic E-state index is 0.669. The number of hydrogen-bond acceptors (Lipinski definition) is 3. The molecule has 0 fully saturated rings. The van der Waals surface area contributed by atoms with Gasteiger partial charge in [-0.3, -0.25) is 4.68 Å². The zero-order chi connectivity index (χ0) is 13.4. The van der Waals surface area contributed by atoms with Crippen LogP contribution in [0.4, 0.5) is 0 Å². The minimum absolute atomic E-state index is 0.669. The Bertz CT molecular complexity index is 610. The summed E-state index contributed by atoms with van der Waals surface area (Å²) in [6, 6.07) is 2.04. The normalized spacial score (nSPS) is 11.0. The van der Waals surface area contributed by atoms with Gasteiger partial charge in [0.2, 0.25) is 0 Å². The van der Waals surface area contributed by atoms with Crippen molar-refractivity contribution in [2.75, 3.05) is 6.26 Å². The van der Waals surface area contributed by atoms with Gasteiger partial charge in [0.05, 0.1) is 11.4 Å². The molecular weight excluding hydrogens is 334 g/mol. The number of pyridine rings is 1. The van der Waals surface area contributed by atoms with Gasteiger partial charge >= 0.3 is 0 Å². The largest absolute Gasteiger partial charge is 0.260 e. The second-order valence-electron chi connectivity index (χ2n) is 4.02. The summed E-state index contributed by atoms with van der Waals surface area (Å²) >= 11 is 11.4. The van der Waals surface area contributed by atoms with Gasteiger partial charge in [-0.1, -0.05) is 11.6 Å². The third kappa shape index (κ3) is 2.31. The average molecular weight is 347 g/mol. The van der Waals surface area contributed by atoms with E-state index >= 15 is 0 Å². The predicted molar refractivity (Wildman–Crippen MR) is 80.4 cm³/mol. The van der Waals surface area contributed by atoms with E-state index in [2.05, 4.69) is 26.0 Å². The van der Waals surface area contributed by atoms with Crippen LogP contribution in [0.1, 0.15) is 11.3 Å². The number of nitrogens with zero attached hydrogens (tertiary/aromatic N) is 3. The summed E-state index contributed by atoms with van der Waals surface area (Å²) in [5.74, 6) is 0. The van der Waals surface area contributed by atoms with Crippen LogP contribution in [0.5, 0.6) is 0 Å². The highest BCUT2D eigenvalue weighted by Gasteiger charge is 2.18. The first kappa shape index (κ1) is 13.9. The van der Waals surface area contributed by atoms with Gasteiger partial charge in [0.1, 0.15) is 15.7 Å². The third-order valence-corrected chi connectivity index (χ3v) is 4.83. The van der Waals surface area contributed by atoms with Gasteiger partial charge in [0.15, 0.2) is 0 Å². The van der Waals surface area contributed by atoms with Crippen molar-refractivity contribution in [3.63, 3.8) is 0 Å². The molecule has 0 aromatic carbocycles. The van der Waals surface area contributed by atoms with Gasteiger partial charge < -0.3 is 0 Å². The van der Waals surface area contributed by atoms with Crippen LogP contribution >= 0.6 is 39.3 Å². The fourth-order valence-corrected chi connectivity index (χ4v) is 3.26. The van der Waals surface area contributed by atoms with Crippen molar-refractivity contribution in [2.45, 2.75) is 18.9 Å². The van der Waals surface area contributed by atoms with Crippen molar-refractivity contribution in [2.24, 2.45) is 7.05 Å². The van der Waals surface area contributed by atoms with E-state index in [1.54, 1.807) is 16.4 Å². The Balaban J connectivity index is 2.66. The highest BCUT2D eigenvalue weighted by Crippen LogP contribution is 2.35. The molecule has 0 aliphatic rings. The quantitative estimate of drug-likeness (QED) is 0.762. The number of aromatic nitrogens is 3. The lowest BCUT2D eigenvalue weighted by Gasteiger charge is -2.06. The molecule has 0 aliphatic heterocycles. The number of rotatable bonds is 2. The van der Waals surface area contributed by atoms with Crippen molar-refractivity contribution >= 4 is 39.3 Å². The first-order valence-electron chi connectivity index (χ1n) is 5.36. The van der Waals surface area contributed by atoms with Crippen LogP contribution in [-0.2, 0) is 7.05 Å². The molecule has 0 aliphatic carbocycles. The van der Waals surface area contributed by atoms with E-state index < -0.39 is 0 Å². The Kier molecular flexibility index (Phi) is 4.04. The molecule has 0 bridgehead atoms. The van der Waals surface area contributed by atoms with Crippen LogP contribution in [-0.4, -0.2) is 21.0 Å². The van der Waals surface area contributed by atoms with Crippen molar-refractivity contribution < 1.29 is 0 Å². The summed E-state index contributed by atoms with van der Waals surface area (Å²) in [5, 5.41) is 6.09. The minimum Gasteiger partial charge on any atom is -0.260 e. The molecule has 6 heteroatoms. The zero-order valence-electron chi connectivity index (χ0n) is 10.6. The number of hydrogen-bond donors (Lipinski definition) is 0. The molecule has 96 valence electrons. The van der Waals surface area contributed by atoms with Gasteiger partial charge in [-0.15, -0.1) is 11.8 Å². The summed E-state index contributed by atoms with van der Waals surface area (Å²) < 4.78 is 2.79. The Hall–Kier alpha value is -0.520. The molecule has 0 unspecified atom stereocenters. The molecular formula is C12H13BrClN3S.